The Hall–Kier alpha value is -1.07. The van der Waals surface area contributed by atoms with Crippen molar-refractivity contribution in [3.63, 3.8) is 0 Å². The van der Waals surface area contributed by atoms with E-state index in [-0.39, 0.29) is 0 Å². The van der Waals surface area contributed by atoms with Crippen LogP contribution in [0.25, 0.3) is 0 Å². The van der Waals surface area contributed by atoms with Gasteiger partial charge in [0.05, 0.1) is 5.02 Å². The summed E-state index contributed by atoms with van der Waals surface area (Å²) in [6.45, 7) is 1.69. The van der Waals surface area contributed by atoms with E-state index in [0.29, 0.717) is 21.5 Å². The summed E-state index contributed by atoms with van der Waals surface area (Å²) in [6.07, 6.45) is 0.325. The molecule has 0 aliphatic heterocycles. The van der Waals surface area contributed by atoms with E-state index < -0.39 is 17.9 Å². The predicted octanol–water partition coefficient (Wildman–Crippen LogP) is 2.70. The van der Waals surface area contributed by atoms with Gasteiger partial charge in [-0.05, 0) is 40.5 Å². The first-order valence-corrected chi connectivity index (χ1v) is 6.11. The monoisotopic (exact) mass is 319 g/mol. The minimum atomic E-state index is -1.05. The summed E-state index contributed by atoms with van der Waals surface area (Å²) < 4.78 is 0.681. The Bertz CT molecular complexity index is 450. The van der Waals surface area contributed by atoms with Gasteiger partial charge in [0, 0.05) is 10.0 Å². The molecule has 6 heteroatoms. The van der Waals surface area contributed by atoms with E-state index in [0.717, 1.165) is 0 Å². The zero-order valence-corrected chi connectivity index (χ0v) is 11.4. The van der Waals surface area contributed by atoms with Crippen molar-refractivity contribution in [2.24, 2.45) is 0 Å². The lowest BCUT2D eigenvalue weighted by molar-refractivity contribution is -0.139. The number of carbonyl (C=O) groups is 2. The highest BCUT2D eigenvalue weighted by atomic mass is 79.9. The molecule has 0 aliphatic rings. The first-order chi connectivity index (χ1) is 7.95. The van der Waals surface area contributed by atoms with E-state index in [1.54, 1.807) is 19.1 Å². The molecule has 0 radical (unpaired) electrons. The van der Waals surface area contributed by atoms with Crippen LogP contribution in [0.3, 0.4) is 0 Å². The van der Waals surface area contributed by atoms with Gasteiger partial charge in [-0.2, -0.15) is 0 Å². The van der Waals surface area contributed by atoms with Crippen molar-refractivity contribution in [2.75, 3.05) is 0 Å². The fourth-order valence-corrected chi connectivity index (χ4v) is 1.64. The molecule has 0 saturated carbocycles. The maximum absolute atomic E-state index is 11.7. The highest BCUT2D eigenvalue weighted by Crippen LogP contribution is 2.23. The molecular weight excluding hydrogens is 309 g/mol. The molecule has 2 N–H and O–H groups in total. The number of carbonyl (C=O) groups excluding carboxylic acids is 1. The average molecular weight is 321 g/mol. The van der Waals surface area contributed by atoms with Crippen molar-refractivity contribution in [1.82, 2.24) is 5.32 Å². The third-order valence-corrected chi connectivity index (χ3v) is 3.43. The van der Waals surface area contributed by atoms with Crippen LogP contribution in [0, 0.1) is 0 Å². The number of halogens is 2. The van der Waals surface area contributed by atoms with Crippen molar-refractivity contribution >= 4 is 39.4 Å². The maximum Gasteiger partial charge on any atom is 0.326 e. The van der Waals surface area contributed by atoms with Crippen molar-refractivity contribution in [3.8, 4) is 0 Å². The van der Waals surface area contributed by atoms with Crippen LogP contribution in [-0.4, -0.2) is 23.0 Å². The van der Waals surface area contributed by atoms with Crippen LogP contribution in [0.1, 0.15) is 23.7 Å². The van der Waals surface area contributed by atoms with Crippen LogP contribution in [0.4, 0.5) is 0 Å². The van der Waals surface area contributed by atoms with E-state index in [1.165, 1.54) is 6.07 Å². The average Bonchev–Trinajstić information content (AvgIpc) is 2.28. The number of hydrogen-bond donors (Lipinski definition) is 2. The van der Waals surface area contributed by atoms with E-state index in [4.69, 9.17) is 16.7 Å². The van der Waals surface area contributed by atoms with E-state index in [9.17, 15) is 9.59 Å². The van der Waals surface area contributed by atoms with Gasteiger partial charge >= 0.3 is 5.97 Å². The van der Waals surface area contributed by atoms with Crippen LogP contribution in [0.15, 0.2) is 22.7 Å². The first kappa shape index (κ1) is 14.0. The number of rotatable bonds is 4. The molecule has 1 aromatic carbocycles. The van der Waals surface area contributed by atoms with Crippen LogP contribution in [-0.2, 0) is 4.79 Å². The molecule has 4 nitrogen and oxygen atoms in total. The number of carboxylic acid groups (broad SMARTS) is 1. The van der Waals surface area contributed by atoms with Gasteiger partial charge in [-0.15, -0.1) is 0 Å². The maximum atomic E-state index is 11.7. The number of carboxylic acids is 1. The van der Waals surface area contributed by atoms with Gasteiger partial charge in [0.1, 0.15) is 6.04 Å². The fraction of sp³-hybridized carbons (Fsp3) is 0.273. The van der Waals surface area contributed by atoms with Crippen LogP contribution >= 0.6 is 27.5 Å². The van der Waals surface area contributed by atoms with Crippen LogP contribution in [0.5, 0.6) is 0 Å². The zero-order valence-electron chi connectivity index (χ0n) is 9.04. The van der Waals surface area contributed by atoms with Crippen LogP contribution in [0.2, 0.25) is 5.02 Å². The highest BCUT2D eigenvalue weighted by molar-refractivity contribution is 9.10. The second kappa shape index (κ2) is 6.02. The number of amides is 1. The molecule has 1 amide bonds. The summed E-state index contributed by atoms with van der Waals surface area (Å²) in [7, 11) is 0. The molecule has 0 bridgehead atoms. The summed E-state index contributed by atoms with van der Waals surface area (Å²) in [5.74, 6) is -1.50. The third kappa shape index (κ3) is 3.71. The molecule has 1 atom stereocenters. The van der Waals surface area contributed by atoms with Crippen LogP contribution < -0.4 is 5.32 Å². The van der Waals surface area contributed by atoms with Gasteiger partial charge in [0.2, 0.25) is 0 Å². The molecule has 17 heavy (non-hydrogen) atoms. The Morgan fingerprint density at radius 3 is 2.65 bits per heavy atom. The first-order valence-electron chi connectivity index (χ1n) is 4.94. The predicted molar refractivity (Wildman–Crippen MR) is 68.3 cm³/mol. The molecule has 0 heterocycles. The molecular formula is C11H11BrClNO3. The van der Waals surface area contributed by atoms with Crippen molar-refractivity contribution in [3.05, 3.63) is 33.3 Å². The molecule has 0 unspecified atom stereocenters. The van der Waals surface area contributed by atoms with Gasteiger partial charge in [0.25, 0.3) is 5.91 Å². The SMILES string of the molecule is CC[C@H](NC(=O)c1ccc(Br)c(Cl)c1)C(=O)O. The van der Waals surface area contributed by atoms with Gasteiger partial charge < -0.3 is 10.4 Å². The minimum Gasteiger partial charge on any atom is -0.480 e. The number of nitrogens with one attached hydrogen (secondary N) is 1. The zero-order chi connectivity index (χ0) is 13.0. The molecule has 0 fully saturated rings. The van der Waals surface area contributed by atoms with Crippen molar-refractivity contribution < 1.29 is 14.7 Å². The molecule has 1 rings (SSSR count). The Balaban J connectivity index is 2.82. The standard InChI is InChI=1S/C11H11BrClNO3/c1-2-9(11(16)17)14-10(15)6-3-4-7(12)8(13)5-6/h3-5,9H,2H2,1H3,(H,14,15)(H,16,17)/t9-/m0/s1. The minimum absolute atomic E-state index is 0.325. The van der Waals surface area contributed by atoms with E-state index >= 15 is 0 Å². The van der Waals surface area contributed by atoms with Gasteiger partial charge in [-0.3, -0.25) is 4.79 Å². The van der Waals surface area contributed by atoms with Gasteiger partial charge in [-0.25, -0.2) is 4.79 Å². The van der Waals surface area contributed by atoms with Crippen molar-refractivity contribution in [2.45, 2.75) is 19.4 Å². The molecule has 1 aromatic rings. The lowest BCUT2D eigenvalue weighted by atomic mass is 10.1. The van der Waals surface area contributed by atoms with Gasteiger partial charge in [0.15, 0.2) is 0 Å². The summed E-state index contributed by atoms with van der Waals surface area (Å²) in [5, 5.41) is 11.6. The molecule has 0 aliphatic carbocycles. The normalized spacial score (nSPS) is 11.9. The summed E-state index contributed by atoms with van der Waals surface area (Å²) in [6, 6.07) is 3.80. The lowest BCUT2D eigenvalue weighted by Gasteiger charge is -2.12. The summed E-state index contributed by atoms with van der Waals surface area (Å²) in [4.78, 5) is 22.5. The fourth-order valence-electron chi connectivity index (χ4n) is 1.22. The molecule has 0 saturated heterocycles. The Labute approximate surface area is 112 Å². The Kier molecular flexibility index (Phi) is 4.96. The lowest BCUT2D eigenvalue weighted by Crippen LogP contribution is -2.40. The molecule has 0 spiro atoms. The van der Waals surface area contributed by atoms with E-state index in [2.05, 4.69) is 21.2 Å². The third-order valence-electron chi connectivity index (χ3n) is 2.19. The molecule has 0 aromatic heterocycles. The number of hydrogen-bond acceptors (Lipinski definition) is 2. The van der Waals surface area contributed by atoms with Gasteiger partial charge in [-0.1, -0.05) is 18.5 Å². The highest BCUT2D eigenvalue weighted by Gasteiger charge is 2.18. The number of aliphatic carboxylic acids is 1. The summed E-state index contributed by atoms with van der Waals surface area (Å²) >= 11 is 9.06. The Morgan fingerprint density at radius 2 is 2.18 bits per heavy atom. The number of benzene rings is 1. The topological polar surface area (TPSA) is 66.4 Å². The van der Waals surface area contributed by atoms with E-state index in [1.807, 2.05) is 0 Å². The van der Waals surface area contributed by atoms with Crippen molar-refractivity contribution in [1.29, 1.82) is 0 Å². The quantitative estimate of drug-likeness (QED) is 0.896. The second-order valence-corrected chi connectivity index (χ2v) is 4.66. The largest absolute Gasteiger partial charge is 0.480 e. The summed E-state index contributed by atoms with van der Waals surface area (Å²) in [5.41, 5.74) is 0.331. The smallest absolute Gasteiger partial charge is 0.326 e. The Morgan fingerprint density at radius 1 is 1.53 bits per heavy atom. The molecule has 92 valence electrons. The second-order valence-electron chi connectivity index (χ2n) is 3.40.